The van der Waals surface area contributed by atoms with E-state index in [1.54, 1.807) is 0 Å². The first-order valence-corrected chi connectivity index (χ1v) is 7.60. The second-order valence-electron chi connectivity index (χ2n) is 5.22. The lowest BCUT2D eigenvalue weighted by atomic mass is 10.1. The molecule has 0 N–H and O–H groups in total. The van der Waals surface area contributed by atoms with Crippen LogP contribution in [0.4, 0.5) is 0 Å². The third-order valence-electron chi connectivity index (χ3n) is 3.32. The lowest BCUT2D eigenvalue weighted by molar-refractivity contribution is -0.144. The Morgan fingerprint density at radius 1 is 1.06 bits per heavy atom. The zero-order valence-electron chi connectivity index (χ0n) is 11.8. The normalized spacial score (nSPS) is 17.7. The largest absolute Gasteiger partial charge is 0.463 e. The van der Waals surface area contributed by atoms with Crippen molar-refractivity contribution in [2.24, 2.45) is 0 Å². The van der Waals surface area contributed by atoms with Crippen LogP contribution in [0, 0.1) is 0 Å². The Bertz CT molecular complexity index is 212. The van der Waals surface area contributed by atoms with Crippen LogP contribution in [0.2, 0.25) is 0 Å². The molecular weight excluding hydrogens is 228 g/mol. The first-order valence-electron chi connectivity index (χ1n) is 7.60. The van der Waals surface area contributed by atoms with E-state index in [9.17, 15) is 4.79 Å². The van der Waals surface area contributed by atoms with Crippen LogP contribution in [0.5, 0.6) is 0 Å². The molecule has 1 heterocycles. The third kappa shape index (κ3) is 9.46. The minimum atomic E-state index is -0.0616. The number of esters is 1. The smallest absolute Gasteiger partial charge is 0.305 e. The molecular formula is C15H28O3. The van der Waals surface area contributed by atoms with Crippen molar-refractivity contribution in [3.63, 3.8) is 0 Å². The zero-order valence-corrected chi connectivity index (χ0v) is 11.8. The fourth-order valence-corrected chi connectivity index (χ4v) is 2.00. The predicted molar refractivity (Wildman–Crippen MR) is 72.5 cm³/mol. The first kappa shape index (κ1) is 15.5. The topological polar surface area (TPSA) is 38.8 Å². The van der Waals surface area contributed by atoms with Gasteiger partial charge in [-0.05, 0) is 6.42 Å². The van der Waals surface area contributed by atoms with E-state index in [2.05, 4.69) is 6.92 Å². The Kier molecular flexibility index (Phi) is 8.92. The molecule has 0 aliphatic carbocycles. The molecule has 1 saturated heterocycles. The number of rotatable bonds is 12. The SMILES string of the molecule is CCCCCCCCCCCC(=O)OCC1CO1. The van der Waals surface area contributed by atoms with Gasteiger partial charge in [-0.25, -0.2) is 0 Å². The molecule has 1 aliphatic rings. The minimum Gasteiger partial charge on any atom is -0.463 e. The van der Waals surface area contributed by atoms with Crippen molar-refractivity contribution < 1.29 is 14.3 Å². The Hall–Kier alpha value is -0.570. The van der Waals surface area contributed by atoms with E-state index in [1.807, 2.05) is 0 Å². The van der Waals surface area contributed by atoms with Gasteiger partial charge in [-0.2, -0.15) is 0 Å². The van der Waals surface area contributed by atoms with Crippen LogP contribution in [0.3, 0.4) is 0 Å². The maximum absolute atomic E-state index is 11.3. The fraction of sp³-hybridized carbons (Fsp3) is 0.933. The van der Waals surface area contributed by atoms with Crippen LogP contribution < -0.4 is 0 Å². The highest BCUT2D eigenvalue weighted by Crippen LogP contribution is 2.12. The molecule has 0 aromatic rings. The molecule has 1 rings (SSSR count). The predicted octanol–water partition coefficient (Wildman–Crippen LogP) is 3.85. The number of carbonyl (C=O) groups excluding carboxylic acids is 1. The molecule has 1 fully saturated rings. The Balaban J connectivity index is 1.73. The molecule has 3 nitrogen and oxygen atoms in total. The lowest BCUT2D eigenvalue weighted by Crippen LogP contribution is -2.09. The highest BCUT2D eigenvalue weighted by molar-refractivity contribution is 5.69. The maximum atomic E-state index is 11.3. The summed E-state index contributed by atoms with van der Waals surface area (Å²) in [7, 11) is 0. The summed E-state index contributed by atoms with van der Waals surface area (Å²) in [5, 5.41) is 0. The van der Waals surface area contributed by atoms with Crippen molar-refractivity contribution in [3.05, 3.63) is 0 Å². The van der Waals surface area contributed by atoms with Crippen molar-refractivity contribution in [1.82, 2.24) is 0 Å². The highest BCUT2D eigenvalue weighted by atomic mass is 16.6. The Morgan fingerprint density at radius 3 is 2.17 bits per heavy atom. The van der Waals surface area contributed by atoms with E-state index in [0.29, 0.717) is 13.0 Å². The number of unbranched alkanes of at least 4 members (excludes halogenated alkanes) is 8. The first-order chi connectivity index (χ1) is 8.83. The maximum Gasteiger partial charge on any atom is 0.305 e. The van der Waals surface area contributed by atoms with E-state index >= 15 is 0 Å². The summed E-state index contributed by atoms with van der Waals surface area (Å²) in [6.45, 7) is 3.45. The van der Waals surface area contributed by atoms with Gasteiger partial charge in [0.2, 0.25) is 0 Å². The standard InChI is InChI=1S/C15H28O3/c1-2-3-4-5-6-7-8-9-10-11-15(16)18-13-14-12-17-14/h14H,2-13H2,1H3. The summed E-state index contributed by atoms with van der Waals surface area (Å²) in [4.78, 5) is 11.3. The molecule has 1 unspecified atom stereocenters. The average Bonchev–Trinajstić information content (AvgIpc) is 3.18. The van der Waals surface area contributed by atoms with Crippen molar-refractivity contribution in [3.8, 4) is 0 Å². The van der Waals surface area contributed by atoms with Crippen molar-refractivity contribution >= 4 is 5.97 Å². The van der Waals surface area contributed by atoms with E-state index in [-0.39, 0.29) is 12.1 Å². The zero-order chi connectivity index (χ0) is 13.1. The summed E-state index contributed by atoms with van der Waals surface area (Å²) in [6, 6.07) is 0. The molecule has 0 amide bonds. The number of hydrogen-bond acceptors (Lipinski definition) is 3. The monoisotopic (exact) mass is 256 g/mol. The van der Waals surface area contributed by atoms with Gasteiger partial charge in [0.1, 0.15) is 12.7 Å². The molecule has 18 heavy (non-hydrogen) atoms. The minimum absolute atomic E-state index is 0.0616. The number of hydrogen-bond donors (Lipinski definition) is 0. The van der Waals surface area contributed by atoms with Crippen LogP contribution in [-0.4, -0.2) is 25.3 Å². The van der Waals surface area contributed by atoms with Gasteiger partial charge >= 0.3 is 5.97 Å². The molecule has 0 radical (unpaired) electrons. The van der Waals surface area contributed by atoms with Gasteiger partial charge in [-0.15, -0.1) is 0 Å². The number of carbonyl (C=O) groups is 1. The summed E-state index contributed by atoms with van der Waals surface area (Å²) < 4.78 is 10.1. The third-order valence-corrected chi connectivity index (χ3v) is 3.32. The second kappa shape index (κ2) is 10.4. The molecule has 1 aliphatic heterocycles. The number of epoxide rings is 1. The van der Waals surface area contributed by atoms with Crippen molar-refractivity contribution in [2.75, 3.05) is 13.2 Å². The second-order valence-corrected chi connectivity index (χ2v) is 5.22. The van der Waals surface area contributed by atoms with E-state index in [0.717, 1.165) is 19.4 Å². The van der Waals surface area contributed by atoms with E-state index < -0.39 is 0 Å². The van der Waals surface area contributed by atoms with Crippen molar-refractivity contribution in [2.45, 2.75) is 77.2 Å². The molecule has 0 spiro atoms. The summed E-state index contributed by atoms with van der Waals surface area (Å²) in [5.74, 6) is -0.0616. The Labute approximate surface area is 111 Å². The van der Waals surface area contributed by atoms with Gasteiger partial charge in [-0.1, -0.05) is 58.3 Å². The molecule has 1 atom stereocenters. The highest BCUT2D eigenvalue weighted by Gasteiger charge is 2.23. The van der Waals surface area contributed by atoms with Crippen LogP contribution in [-0.2, 0) is 14.3 Å². The van der Waals surface area contributed by atoms with Gasteiger partial charge < -0.3 is 9.47 Å². The van der Waals surface area contributed by atoms with Crippen LogP contribution in [0.15, 0.2) is 0 Å². The summed E-state index contributed by atoms with van der Waals surface area (Å²) >= 11 is 0. The van der Waals surface area contributed by atoms with E-state index in [1.165, 1.54) is 44.9 Å². The fourth-order valence-electron chi connectivity index (χ4n) is 2.00. The quantitative estimate of drug-likeness (QED) is 0.302. The van der Waals surface area contributed by atoms with Gasteiger partial charge in [0.05, 0.1) is 6.61 Å². The van der Waals surface area contributed by atoms with Crippen LogP contribution in [0.25, 0.3) is 0 Å². The summed E-state index contributed by atoms with van der Waals surface area (Å²) in [6.07, 6.45) is 12.2. The van der Waals surface area contributed by atoms with E-state index in [4.69, 9.17) is 9.47 Å². The molecule has 0 aromatic carbocycles. The van der Waals surface area contributed by atoms with Crippen LogP contribution >= 0.6 is 0 Å². The molecule has 0 aromatic heterocycles. The Morgan fingerprint density at radius 2 is 1.61 bits per heavy atom. The molecule has 106 valence electrons. The van der Waals surface area contributed by atoms with Gasteiger partial charge in [0, 0.05) is 6.42 Å². The van der Waals surface area contributed by atoms with Gasteiger partial charge in [0.15, 0.2) is 0 Å². The van der Waals surface area contributed by atoms with Crippen LogP contribution in [0.1, 0.15) is 71.1 Å². The molecule has 0 bridgehead atoms. The van der Waals surface area contributed by atoms with Gasteiger partial charge in [0.25, 0.3) is 0 Å². The average molecular weight is 256 g/mol. The van der Waals surface area contributed by atoms with Crippen molar-refractivity contribution in [1.29, 1.82) is 0 Å². The molecule has 3 heteroatoms. The molecule has 0 saturated carbocycles. The lowest BCUT2D eigenvalue weighted by Gasteiger charge is -2.03. The summed E-state index contributed by atoms with van der Waals surface area (Å²) in [5.41, 5.74) is 0. The number of ether oxygens (including phenoxy) is 2. The van der Waals surface area contributed by atoms with Gasteiger partial charge in [-0.3, -0.25) is 4.79 Å².